The van der Waals surface area contributed by atoms with Crippen LogP contribution in [0.1, 0.15) is 16.9 Å². The number of furan rings is 1. The Hall–Kier alpha value is -2.86. The highest BCUT2D eigenvalue weighted by atomic mass is 79.9. The van der Waals surface area contributed by atoms with Crippen LogP contribution in [0.5, 0.6) is 5.75 Å². The molecule has 0 fully saturated rings. The largest absolute Gasteiger partial charge is 0.483 e. The van der Waals surface area contributed by atoms with Gasteiger partial charge in [-0.05, 0) is 49.7 Å². The first kappa shape index (κ1) is 18.9. The van der Waals surface area contributed by atoms with Gasteiger partial charge in [0.1, 0.15) is 17.3 Å². The van der Waals surface area contributed by atoms with Gasteiger partial charge in [0.15, 0.2) is 6.61 Å². The molecule has 5 nitrogen and oxygen atoms in total. The van der Waals surface area contributed by atoms with Crippen molar-refractivity contribution in [2.45, 2.75) is 13.8 Å². The first-order valence-electron chi connectivity index (χ1n) is 8.39. The summed E-state index contributed by atoms with van der Waals surface area (Å²) in [4.78, 5) is 11.9. The van der Waals surface area contributed by atoms with E-state index in [2.05, 4.69) is 26.5 Å². The van der Waals surface area contributed by atoms with Crippen LogP contribution in [0.25, 0.3) is 11.3 Å². The predicted octanol–water partition coefficient (Wildman–Crippen LogP) is 4.86. The van der Waals surface area contributed by atoms with Gasteiger partial charge in [-0.2, -0.15) is 5.10 Å². The molecule has 0 saturated carbocycles. The SMILES string of the molecule is Cc1ccc(OCC(=O)N/N=C/c2ccc(-c3ccc(Br)cc3)o2)c(C)c1. The highest BCUT2D eigenvalue weighted by molar-refractivity contribution is 9.10. The Bertz CT molecular complexity index is 962. The van der Waals surface area contributed by atoms with Gasteiger partial charge in [-0.15, -0.1) is 0 Å². The van der Waals surface area contributed by atoms with Crippen LogP contribution in [0.3, 0.4) is 0 Å². The van der Waals surface area contributed by atoms with Gasteiger partial charge in [0.2, 0.25) is 0 Å². The number of carbonyl (C=O) groups excluding carboxylic acids is 1. The number of nitrogens with one attached hydrogen (secondary N) is 1. The number of rotatable bonds is 6. The number of nitrogens with zero attached hydrogens (tertiary/aromatic N) is 1. The van der Waals surface area contributed by atoms with Crippen LogP contribution < -0.4 is 10.2 Å². The highest BCUT2D eigenvalue weighted by Gasteiger charge is 2.05. The van der Waals surface area contributed by atoms with Crippen molar-refractivity contribution in [3.8, 4) is 17.1 Å². The van der Waals surface area contributed by atoms with Gasteiger partial charge in [0, 0.05) is 10.0 Å². The van der Waals surface area contributed by atoms with Crippen LogP contribution in [0.2, 0.25) is 0 Å². The number of ether oxygens (including phenoxy) is 1. The monoisotopic (exact) mass is 426 g/mol. The molecule has 0 saturated heterocycles. The van der Waals surface area contributed by atoms with Crippen LogP contribution in [-0.4, -0.2) is 18.7 Å². The van der Waals surface area contributed by atoms with Crippen molar-refractivity contribution < 1.29 is 13.9 Å². The van der Waals surface area contributed by atoms with Crippen LogP contribution in [-0.2, 0) is 4.79 Å². The summed E-state index contributed by atoms with van der Waals surface area (Å²) in [5, 5.41) is 3.91. The summed E-state index contributed by atoms with van der Waals surface area (Å²) in [6.07, 6.45) is 1.46. The number of aryl methyl sites for hydroxylation is 2. The molecular formula is C21H19BrN2O3. The molecule has 27 heavy (non-hydrogen) atoms. The summed E-state index contributed by atoms with van der Waals surface area (Å²) in [5.41, 5.74) is 5.53. The van der Waals surface area contributed by atoms with Gasteiger partial charge in [0.25, 0.3) is 5.91 Å². The molecule has 0 spiro atoms. The average Bonchev–Trinajstić information content (AvgIpc) is 3.10. The Morgan fingerprint density at radius 1 is 1.15 bits per heavy atom. The fraction of sp³-hybridized carbons (Fsp3) is 0.143. The normalized spacial score (nSPS) is 10.9. The van der Waals surface area contributed by atoms with Crippen molar-refractivity contribution in [1.29, 1.82) is 0 Å². The second-order valence-electron chi connectivity index (χ2n) is 6.06. The molecule has 2 aromatic carbocycles. The fourth-order valence-electron chi connectivity index (χ4n) is 2.50. The molecule has 0 aliphatic heterocycles. The number of carbonyl (C=O) groups is 1. The standard InChI is InChI=1S/C21H19BrN2O3/c1-14-3-9-19(15(2)11-14)26-13-21(25)24-23-12-18-8-10-20(27-18)16-4-6-17(22)7-5-16/h3-12H,13H2,1-2H3,(H,24,25)/b23-12+. The first-order valence-corrected chi connectivity index (χ1v) is 9.18. The number of hydrogen-bond donors (Lipinski definition) is 1. The van der Waals surface area contributed by atoms with Gasteiger partial charge in [-0.3, -0.25) is 4.79 Å². The molecule has 1 heterocycles. The van der Waals surface area contributed by atoms with E-state index in [4.69, 9.17) is 9.15 Å². The van der Waals surface area contributed by atoms with Gasteiger partial charge in [-0.1, -0.05) is 45.8 Å². The summed E-state index contributed by atoms with van der Waals surface area (Å²) in [6.45, 7) is 3.84. The number of hydrazone groups is 1. The molecule has 0 radical (unpaired) electrons. The second-order valence-corrected chi connectivity index (χ2v) is 6.98. The summed E-state index contributed by atoms with van der Waals surface area (Å²) >= 11 is 3.40. The molecule has 1 N–H and O–H groups in total. The van der Waals surface area contributed by atoms with E-state index in [1.807, 2.05) is 62.4 Å². The minimum atomic E-state index is -0.342. The Morgan fingerprint density at radius 2 is 1.93 bits per heavy atom. The van der Waals surface area contributed by atoms with Crippen molar-refractivity contribution in [2.75, 3.05) is 6.61 Å². The zero-order valence-corrected chi connectivity index (χ0v) is 16.6. The third kappa shape index (κ3) is 5.31. The van der Waals surface area contributed by atoms with E-state index in [1.165, 1.54) is 6.21 Å². The Kier molecular flexibility index (Phi) is 6.08. The molecule has 3 rings (SSSR count). The van der Waals surface area contributed by atoms with E-state index < -0.39 is 0 Å². The quantitative estimate of drug-likeness (QED) is 0.452. The smallest absolute Gasteiger partial charge is 0.277 e. The number of hydrogen-bond acceptors (Lipinski definition) is 4. The first-order chi connectivity index (χ1) is 13.0. The lowest BCUT2D eigenvalue weighted by Crippen LogP contribution is -2.24. The summed E-state index contributed by atoms with van der Waals surface area (Å²) < 4.78 is 12.2. The van der Waals surface area contributed by atoms with Crippen molar-refractivity contribution in [1.82, 2.24) is 5.43 Å². The fourth-order valence-corrected chi connectivity index (χ4v) is 2.76. The van der Waals surface area contributed by atoms with E-state index in [0.717, 1.165) is 26.9 Å². The van der Waals surface area contributed by atoms with E-state index in [1.54, 1.807) is 6.07 Å². The van der Waals surface area contributed by atoms with E-state index in [9.17, 15) is 4.79 Å². The minimum absolute atomic E-state index is 0.108. The maximum atomic E-state index is 11.9. The topological polar surface area (TPSA) is 63.8 Å². The zero-order valence-electron chi connectivity index (χ0n) is 15.0. The summed E-state index contributed by atoms with van der Waals surface area (Å²) in [5.74, 6) is 1.62. The zero-order chi connectivity index (χ0) is 19.2. The minimum Gasteiger partial charge on any atom is -0.483 e. The third-order valence-corrected chi connectivity index (χ3v) is 4.35. The molecule has 0 atom stereocenters. The maximum Gasteiger partial charge on any atom is 0.277 e. The number of halogens is 1. The molecule has 3 aromatic rings. The van der Waals surface area contributed by atoms with Gasteiger partial charge in [-0.25, -0.2) is 5.43 Å². The van der Waals surface area contributed by atoms with E-state index in [-0.39, 0.29) is 12.5 Å². The van der Waals surface area contributed by atoms with Crippen molar-refractivity contribution >= 4 is 28.1 Å². The molecule has 1 amide bonds. The molecule has 0 bridgehead atoms. The third-order valence-electron chi connectivity index (χ3n) is 3.83. The summed E-state index contributed by atoms with van der Waals surface area (Å²) in [7, 11) is 0. The molecule has 0 unspecified atom stereocenters. The number of amides is 1. The van der Waals surface area contributed by atoms with Crippen LogP contribution in [0.4, 0.5) is 0 Å². The van der Waals surface area contributed by atoms with Gasteiger partial charge < -0.3 is 9.15 Å². The van der Waals surface area contributed by atoms with Crippen molar-refractivity contribution in [3.05, 3.63) is 76.0 Å². The Labute approximate surface area is 166 Å². The molecule has 0 aliphatic carbocycles. The van der Waals surface area contributed by atoms with Crippen LogP contribution >= 0.6 is 15.9 Å². The van der Waals surface area contributed by atoms with Crippen LogP contribution in [0.15, 0.2) is 68.6 Å². The maximum absolute atomic E-state index is 11.9. The Balaban J connectivity index is 1.51. The molecule has 138 valence electrons. The molecular weight excluding hydrogens is 408 g/mol. The number of benzene rings is 2. The lowest BCUT2D eigenvalue weighted by molar-refractivity contribution is -0.123. The molecule has 0 aliphatic rings. The molecule has 6 heteroatoms. The van der Waals surface area contributed by atoms with Gasteiger partial charge in [0.05, 0.1) is 6.21 Å². The van der Waals surface area contributed by atoms with Crippen LogP contribution in [0, 0.1) is 13.8 Å². The van der Waals surface area contributed by atoms with Crippen molar-refractivity contribution in [2.24, 2.45) is 5.10 Å². The lowest BCUT2D eigenvalue weighted by Gasteiger charge is -2.08. The highest BCUT2D eigenvalue weighted by Crippen LogP contribution is 2.23. The molecule has 1 aromatic heterocycles. The predicted molar refractivity (Wildman–Crippen MR) is 109 cm³/mol. The van der Waals surface area contributed by atoms with Gasteiger partial charge >= 0.3 is 0 Å². The van der Waals surface area contributed by atoms with E-state index >= 15 is 0 Å². The van der Waals surface area contributed by atoms with E-state index in [0.29, 0.717) is 11.5 Å². The summed E-state index contributed by atoms with van der Waals surface area (Å²) in [6, 6.07) is 17.3. The average molecular weight is 427 g/mol. The van der Waals surface area contributed by atoms with Crippen molar-refractivity contribution in [3.63, 3.8) is 0 Å². The second kappa shape index (κ2) is 8.68. The lowest BCUT2D eigenvalue weighted by atomic mass is 10.1. The Morgan fingerprint density at radius 3 is 2.67 bits per heavy atom.